The fourth-order valence-corrected chi connectivity index (χ4v) is 3.34. The second-order valence-corrected chi connectivity index (χ2v) is 6.20. The Morgan fingerprint density at radius 2 is 1.38 bits per heavy atom. The zero-order chi connectivity index (χ0) is 11.2. The maximum Gasteiger partial charge on any atom is 0.151 e. The van der Waals surface area contributed by atoms with E-state index in [4.69, 9.17) is 9.98 Å². The molecule has 2 aliphatic rings. The van der Waals surface area contributed by atoms with Crippen LogP contribution in [-0.2, 0) is 0 Å². The maximum absolute atomic E-state index is 4.86. The van der Waals surface area contributed by atoms with Crippen LogP contribution in [0.4, 0.5) is 0 Å². The lowest BCUT2D eigenvalue weighted by Crippen LogP contribution is -2.26. The maximum atomic E-state index is 4.86. The number of hydrogen-bond donors (Lipinski definition) is 0. The van der Waals surface area contributed by atoms with Gasteiger partial charge < -0.3 is 0 Å². The monoisotopic (exact) mass is 342 g/mol. The highest BCUT2D eigenvalue weighted by Crippen LogP contribution is 2.33. The molecule has 1 aromatic rings. The standard InChI is InChI=1S/C12H12Br2N2/c13-8-4-5-9(14)11-10(8)15-12(16-11)6-2-1-3-7-12/h4-5H,1-3,6-7H2. The first-order valence-electron chi connectivity index (χ1n) is 5.64. The molecule has 0 atom stereocenters. The number of hydrogen-bond acceptors (Lipinski definition) is 2. The highest BCUT2D eigenvalue weighted by atomic mass is 79.9. The van der Waals surface area contributed by atoms with Crippen LogP contribution in [0.3, 0.4) is 0 Å². The van der Waals surface area contributed by atoms with Crippen molar-refractivity contribution in [1.82, 2.24) is 0 Å². The van der Waals surface area contributed by atoms with Crippen LogP contribution in [0.2, 0.25) is 0 Å². The van der Waals surface area contributed by atoms with Crippen LogP contribution < -0.4 is 10.7 Å². The lowest BCUT2D eigenvalue weighted by Gasteiger charge is -2.27. The second kappa shape index (κ2) is 3.91. The van der Waals surface area contributed by atoms with Crippen molar-refractivity contribution in [2.45, 2.75) is 37.8 Å². The molecule has 16 heavy (non-hydrogen) atoms. The van der Waals surface area contributed by atoms with Crippen LogP contribution in [0.25, 0.3) is 0 Å². The van der Waals surface area contributed by atoms with Gasteiger partial charge in [-0.2, -0.15) is 0 Å². The molecule has 1 fully saturated rings. The molecule has 0 aromatic heterocycles. The molecular formula is C12H12Br2N2. The van der Waals surface area contributed by atoms with Crippen molar-refractivity contribution >= 4 is 31.9 Å². The van der Waals surface area contributed by atoms with E-state index in [-0.39, 0.29) is 5.66 Å². The number of rotatable bonds is 0. The summed E-state index contributed by atoms with van der Waals surface area (Å²) in [7, 11) is 0. The number of nitrogens with zero attached hydrogens (tertiary/aromatic N) is 2. The first kappa shape index (κ1) is 10.9. The van der Waals surface area contributed by atoms with E-state index in [1.54, 1.807) is 0 Å². The number of benzene rings is 1. The molecule has 1 saturated carbocycles. The van der Waals surface area contributed by atoms with Crippen LogP contribution in [0.1, 0.15) is 32.1 Å². The van der Waals surface area contributed by atoms with Gasteiger partial charge in [0.2, 0.25) is 0 Å². The van der Waals surface area contributed by atoms with Crippen LogP contribution in [0.5, 0.6) is 0 Å². The van der Waals surface area contributed by atoms with E-state index in [1.165, 1.54) is 19.3 Å². The molecule has 0 bridgehead atoms. The summed E-state index contributed by atoms with van der Waals surface area (Å²) in [5.74, 6) is 0. The minimum absolute atomic E-state index is 0.146. The van der Waals surface area contributed by atoms with Crippen LogP contribution >= 0.6 is 31.9 Å². The molecule has 3 rings (SSSR count). The normalized spacial score (nSPS) is 21.4. The van der Waals surface area contributed by atoms with Crippen LogP contribution in [-0.4, -0.2) is 5.66 Å². The minimum Gasteiger partial charge on any atom is -0.252 e. The highest BCUT2D eigenvalue weighted by molar-refractivity contribution is 9.11. The third-order valence-corrected chi connectivity index (χ3v) is 4.63. The average Bonchev–Trinajstić information content (AvgIpc) is 2.65. The van der Waals surface area contributed by atoms with Gasteiger partial charge in [0, 0.05) is 8.95 Å². The minimum atomic E-state index is -0.146. The van der Waals surface area contributed by atoms with Gasteiger partial charge in [0.1, 0.15) is 10.7 Å². The Labute approximate surface area is 111 Å². The Kier molecular flexibility index (Phi) is 2.67. The van der Waals surface area contributed by atoms with Gasteiger partial charge in [-0.1, -0.05) is 6.42 Å². The SMILES string of the molecule is Brc1ccc(Br)c2c1=NC1(CCCCC1)N=2. The van der Waals surface area contributed by atoms with Gasteiger partial charge in [-0.05, 0) is 69.7 Å². The van der Waals surface area contributed by atoms with E-state index < -0.39 is 0 Å². The van der Waals surface area contributed by atoms with E-state index in [2.05, 4.69) is 31.9 Å². The fraction of sp³-hybridized carbons (Fsp3) is 0.500. The Balaban J connectivity index is 2.21. The molecule has 0 unspecified atom stereocenters. The predicted molar refractivity (Wildman–Crippen MR) is 70.0 cm³/mol. The molecule has 1 aliphatic carbocycles. The summed E-state index contributed by atoms with van der Waals surface area (Å²) in [6, 6.07) is 4.06. The summed E-state index contributed by atoms with van der Waals surface area (Å²) < 4.78 is 2.11. The lowest BCUT2D eigenvalue weighted by atomic mass is 9.90. The van der Waals surface area contributed by atoms with Crippen molar-refractivity contribution in [1.29, 1.82) is 0 Å². The Bertz CT molecular complexity index is 502. The van der Waals surface area contributed by atoms with E-state index in [9.17, 15) is 0 Å². The average molecular weight is 344 g/mol. The Morgan fingerprint density at radius 1 is 0.875 bits per heavy atom. The summed E-state index contributed by atoms with van der Waals surface area (Å²) in [5, 5.41) is 2.05. The van der Waals surface area contributed by atoms with Gasteiger partial charge in [0.25, 0.3) is 0 Å². The summed E-state index contributed by atoms with van der Waals surface area (Å²) >= 11 is 7.11. The van der Waals surface area contributed by atoms with Gasteiger partial charge in [0.05, 0.1) is 0 Å². The first-order chi connectivity index (χ1) is 7.70. The molecular weight excluding hydrogens is 332 g/mol. The van der Waals surface area contributed by atoms with Crippen molar-refractivity contribution in [3.8, 4) is 0 Å². The topological polar surface area (TPSA) is 24.7 Å². The smallest absolute Gasteiger partial charge is 0.151 e. The zero-order valence-corrected chi connectivity index (χ0v) is 12.0. The molecule has 0 amide bonds. The molecule has 84 valence electrons. The van der Waals surface area contributed by atoms with E-state index >= 15 is 0 Å². The largest absolute Gasteiger partial charge is 0.252 e. The molecule has 1 aromatic carbocycles. The molecule has 0 N–H and O–H groups in total. The Morgan fingerprint density at radius 3 is 1.88 bits per heavy atom. The van der Waals surface area contributed by atoms with E-state index in [0.29, 0.717) is 0 Å². The predicted octanol–water partition coefficient (Wildman–Crippen LogP) is 3.12. The number of fused-ring (bicyclic) bond motifs is 1. The molecule has 2 nitrogen and oxygen atoms in total. The van der Waals surface area contributed by atoms with Gasteiger partial charge in [-0.15, -0.1) is 0 Å². The molecule has 1 spiro atoms. The van der Waals surface area contributed by atoms with Crippen molar-refractivity contribution in [3.05, 3.63) is 31.8 Å². The van der Waals surface area contributed by atoms with E-state index in [1.807, 2.05) is 12.1 Å². The Hall–Kier alpha value is -0.220. The van der Waals surface area contributed by atoms with Gasteiger partial charge in [-0.3, -0.25) is 9.98 Å². The summed E-state index contributed by atoms with van der Waals surface area (Å²) in [6.45, 7) is 0. The molecule has 1 heterocycles. The fourth-order valence-electron chi connectivity index (χ4n) is 2.53. The number of halogens is 2. The molecule has 1 aliphatic heterocycles. The summed E-state index contributed by atoms with van der Waals surface area (Å²) in [4.78, 5) is 9.72. The zero-order valence-electron chi connectivity index (χ0n) is 8.84. The third-order valence-electron chi connectivity index (χ3n) is 3.35. The van der Waals surface area contributed by atoms with Crippen LogP contribution in [0, 0.1) is 0 Å². The van der Waals surface area contributed by atoms with Gasteiger partial charge in [0.15, 0.2) is 5.66 Å². The van der Waals surface area contributed by atoms with Gasteiger partial charge in [-0.25, -0.2) is 0 Å². The van der Waals surface area contributed by atoms with Crippen molar-refractivity contribution in [2.75, 3.05) is 0 Å². The van der Waals surface area contributed by atoms with Crippen molar-refractivity contribution in [2.24, 2.45) is 9.98 Å². The molecule has 0 radical (unpaired) electrons. The molecule has 4 heteroatoms. The summed E-state index contributed by atoms with van der Waals surface area (Å²) in [6.07, 6.45) is 6.01. The van der Waals surface area contributed by atoms with Gasteiger partial charge >= 0.3 is 0 Å². The second-order valence-electron chi connectivity index (χ2n) is 4.49. The van der Waals surface area contributed by atoms with Crippen molar-refractivity contribution in [3.63, 3.8) is 0 Å². The van der Waals surface area contributed by atoms with Crippen molar-refractivity contribution < 1.29 is 0 Å². The highest BCUT2D eigenvalue weighted by Gasteiger charge is 2.33. The first-order valence-corrected chi connectivity index (χ1v) is 7.23. The van der Waals surface area contributed by atoms with E-state index in [0.717, 1.165) is 32.5 Å². The summed E-state index contributed by atoms with van der Waals surface area (Å²) in [5.41, 5.74) is -0.146. The third kappa shape index (κ3) is 1.66. The lowest BCUT2D eigenvalue weighted by molar-refractivity contribution is 0.308. The quantitative estimate of drug-likeness (QED) is 0.691. The molecule has 0 saturated heterocycles. The van der Waals surface area contributed by atoms with Crippen LogP contribution in [0.15, 0.2) is 31.1 Å².